The lowest BCUT2D eigenvalue weighted by molar-refractivity contribution is -0.135. The van der Waals surface area contributed by atoms with Crippen molar-refractivity contribution in [3.63, 3.8) is 0 Å². The van der Waals surface area contributed by atoms with Gasteiger partial charge in [0.2, 0.25) is 11.8 Å². The molecule has 3 nitrogen and oxygen atoms in total. The molecule has 1 saturated heterocycles. The number of rotatable bonds is 2. The van der Waals surface area contributed by atoms with Crippen LogP contribution in [0.1, 0.15) is 18.4 Å². The van der Waals surface area contributed by atoms with Crippen LogP contribution in [0.15, 0.2) is 24.3 Å². The first-order valence-corrected chi connectivity index (χ1v) is 5.65. The molecule has 5 heteroatoms. The number of alkyl halides is 1. The van der Waals surface area contributed by atoms with Gasteiger partial charge in [0.1, 0.15) is 10.7 Å². The molecule has 0 bridgehead atoms. The van der Waals surface area contributed by atoms with Crippen molar-refractivity contribution in [2.45, 2.75) is 24.1 Å². The van der Waals surface area contributed by atoms with Crippen LogP contribution in [0.5, 0.6) is 0 Å². The smallest absolute Gasteiger partial charge is 0.248 e. The molecule has 2 rings (SSSR count). The number of benzene rings is 1. The van der Waals surface area contributed by atoms with Crippen molar-refractivity contribution < 1.29 is 14.0 Å². The van der Waals surface area contributed by atoms with Crippen LogP contribution in [0.25, 0.3) is 0 Å². The molecule has 1 aromatic carbocycles. The highest BCUT2D eigenvalue weighted by Gasteiger charge is 2.40. The Hall–Kier alpha value is -1.42. The van der Waals surface area contributed by atoms with Gasteiger partial charge in [-0.1, -0.05) is 12.1 Å². The molecule has 1 heterocycles. The minimum absolute atomic E-state index is 0.233. The molecular weight excluding hydrogens is 245 g/mol. The van der Waals surface area contributed by atoms with E-state index in [9.17, 15) is 14.0 Å². The third-order valence-corrected chi connectivity index (χ3v) is 3.30. The van der Waals surface area contributed by atoms with E-state index in [0.717, 1.165) is 5.56 Å². The van der Waals surface area contributed by atoms with Crippen molar-refractivity contribution in [3.8, 4) is 0 Å². The molecule has 1 aliphatic heterocycles. The van der Waals surface area contributed by atoms with Gasteiger partial charge < -0.3 is 0 Å². The molecule has 90 valence electrons. The molecule has 0 aliphatic carbocycles. The van der Waals surface area contributed by atoms with Gasteiger partial charge >= 0.3 is 0 Å². The summed E-state index contributed by atoms with van der Waals surface area (Å²) in [6.07, 6.45) is 0.820. The van der Waals surface area contributed by atoms with Crippen molar-refractivity contribution in [3.05, 3.63) is 35.6 Å². The summed E-state index contributed by atoms with van der Waals surface area (Å²) in [5, 5.41) is 2.22. The summed E-state index contributed by atoms with van der Waals surface area (Å²) in [7, 11) is 0. The van der Waals surface area contributed by atoms with Gasteiger partial charge in [0.05, 0.1) is 0 Å². The molecule has 0 saturated carbocycles. The van der Waals surface area contributed by atoms with Crippen LogP contribution in [-0.4, -0.2) is 16.7 Å². The number of hydrogen-bond acceptors (Lipinski definition) is 2. The zero-order chi connectivity index (χ0) is 12.5. The van der Waals surface area contributed by atoms with Gasteiger partial charge in [0.25, 0.3) is 0 Å². The predicted molar refractivity (Wildman–Crippen MR) is 61.1 cm³/mol. The van der Waals surface area contributed by atoms with E-state index < -0.39 is 10.8 Å². The summed E-state index contributed by atoms with van der Waals surface area (Å²) in [4.78, 5) is 21.6. The van der Waals surface area contributed by atoms with Crippen LogP contribution in [0.3, 0.4) is 0 Å². The van der Waals surface area contributed by atoms with E-state index in [1.165, 1.54) is 12.1 Å². The third-order valence-electron chi connectivity index (χ3n) is 2.81. The Bertz CT molecular complexity index is 460. The minimum atomic E-state index is -1.11. The van der Waals surface area contributed by atoms with Gasteiger partial charge in [-0.2, -0.15) is 0 Å². The maximum absolute atomic E-state index is 12.7. The molecule has 17 heavy (non-hydrogen) atoms. The Labute approximate surface area is 103 Å². The van der Waals surface area contributed by atoms with Crippen molar-refractivity contribution in [2.24, 2.45) is 0 Å². The number of piperidine rings is 1. The van der Waals surface area contributed by atoms with Gasteiger partial charge in [-0.05, 0) is 24.1 Å². The molecule has 2 amide bonds. The lowest BCUT2D eigenvalue weighted by Gasteiger charge is -2.29. The Morgan fingerprint density at radius 2 is 1.94 bits per heavy atom. The van der Waals surface area contributed by atoms with Crippen molar-refractivity contribution in [1.82, 2.24) is 5.32 Å². The number of halogens is 2. The highest BCUT2D eigenvalue weighted by atomic mass is 35.5. The number of carbonyl (C=O) groups is 2. The van der Waals surface area contributed by atoms with Gasteiger partial charge in [-0.25, -0.2) is 4.39 Å². The SMILES string of the molecule is O=C1CCC(Cl)(Cc2ccc(F)cc2)C(=O)N1. The molecule has 0 spiro atoms. The molecule has 1 aliphatic rings. The van der Waals surface area contributed by atoms with Crippen LogP contribution in [0.2, 0.25) is 0 Å². The minimum Gasteiger partial charge on any atom is -0.295 e. The maximum Gasteiger partial charge on any atom is 0.248 e. The van der Waals surface area contributed by atoms with Gasteiger partial charge in [-0.15, -0.1) is 11.6 Å². The molecule has 0 radical (unpaired) electrons. The first-order valence-electron chi connectivity index (χ1n) is 5.27. The van der Waals surface area contributed by atoms with Crippen molar-refractivity contribution in [2.75, 3.05) is 0 Å². The first kappa shape index (κ1) is 12.0. The number of imide groups is 1. The number of hydrogen-bond donors (Lipinski definition) is 1. The Kier molecular flexibility index (Phi) is 3.15. The molecule has 1 atom stereocenters. The summed E-state index contributed by atoms with van der Waals surface area (Å²) in [5.41, 5.74) is 0.769. The van der Waals surface area contributed by atoms with E-state index >= 15 is 0 Å². The van der Waals surface area contributed by atoms with E-state index in [1.807, 2.05) is 0 Å². The highest BCUT2D eigenvalue weighted by molar-refractivity contribution is 6.36. The number of nitrogens with one attached hydrogen (secondary N) is 1. The topological polar surface area (TPSA) is 46.2 Å². The second kappa shape index (κ2) is 4.45. The molecule has 1 unspecified atom stereocenters. The molecule has 1 N–H and O–H groups in total. The van der Waals surface area contributed by atoms with Crippen LogP contribution in [0, 0.1) is 5.82 Å². The first-order chi connectivity index (χ1) is 7.99. The van der Waals surface area contributed by atoms with E-state index in [0.29, 0.717) is 6.42 Å². The van der Waals surface area contributed by atoms with Gasteiger partial charge in [-0.3, -0.25) is 14.9 Å². The van der Waals surface area contributed by atoms with Crippen molar-refractivity contribution >= 4 is 23.4 Å². The molecule has 0 aromatic heterocycles. The third kappa shape index (κ3) is 2.64. The van der Waals surface area contributed by atoms with Gasteiger partial charge in [0.15, 0.2) is 0 Å². The monoisotopic (exact) mass is 255 g/mol. The lowest BCUT2D eigenvalue weighted by atomic mass is 9.90. The highest BCUT2D eigenvalue weighted by Crippen LogP contribution is 2.29. The molecule has 1 fully saturated rings. The lowest BCUT2D eigenvalue weighted by Crippen LogP contribution is -2.51. The second-order valence-electron chi connectivity index (χ2n) is 4.15. The summed E-state index contributed by atoms with van der Waals surface area (Å²) < 4.78 is 12.7. The average molecular weight is 256 g/mol. The van der Waals surface area contributed by atoms with E-state index in [2.05, 4.69) is 5.32 Å². The Morgan fingerprint density at radius 1 is 1.29 bits per heavy atom. The van der Waals surface area contributed by atoms with E-state index in [-0.39, 0.29) is 24.6 Å². The fourth-order valence-corrected chi connectivity index (χ4v) is 2.12. The quantitative estimate of drug-likeness (QED) is 0.647. The Balaban J connectivity index is 2.14. The normalized spacial score (nSPS) is 24.6. The summed E-state index contributed by atoms with van der Waals surface area (Å²) in [5.74, 6) is -1.11. The molecular formula is C12H11ClFNO2. The average Bonchev–Trinajstić information content (AvgIpc) is 2.28. The largest absolute Gasteiger partial charge is 0.295 e. The summed E-state index contributed by atoms with van der Waals surface area (Å²) in [6, 6.07) is 5.81. The van der Waals surface area contributed by atoms with Crippen LogP contribution in [-0.2, 0) is 16.0 Å². The summed E-state index contributed by atoms with van der Waals surface area (Å²) in [6.45, 7) is 0. The Morgan fingerprint density at radius 3 is 2.53 bits per heavy atom. The fourth-order valence-electron chi connectivity index (χ4n) is 1.82. The van der Waals surface area contributed by atoms with Crippen LogP contribution < -0.4 is 5.32 Å². The number of carbonyl (C=O) groups excluding carboxylic acids is 2. The molecule has 1 aromatic rings. The fraction of sp³-hybridized carbons (Fsp3) is 0.333. The maximum atomic E-state index is 12.7. The van der Waals surface area contributed by atoms with E-state index in [4.69, 9.17) is 11.6 Å². The zero-order valence-electron chi connectivity index (χ0n) is 9.00. The number of amides is 2. The van der Waals surface area contributed by atoms with E-state index in [1.54, 1.807) is 12.1 Å². The van der Waals surface area contributed by atoms with Crippen molar-refractivity contribution in [1.29, 1.82) is 0 Å². The second-order valence-corrected chi connectivity index (χ2v) is 4.87. The van der Waals surface area contributed by atoms with Crippen LogP contribution in [0.4, 0.5) is 4.39 Å². The van der Waals surface area contributed by atoms with Crippen LogP contribution >= 0.6 is 11.6 Å². The van der Waals surface area contributed by atoms with Gasteiger partial charge in [0, 0.05) is 12.8 Å². The predicted octanol–water partition coefficient (Wildman–Crippen LogP) is 1.78. The zero-order valence-corrected chi connectivity index (χ0v) is 9.76. The standard InChI is InChI=1S/C12H11ClFNO2/c13-12(6-5-10(16)15-11(12)17)7-8-1-3-9(14)4-2-8/h1-4H,5-7H2,(H,15,16,17). The summed E-state index contributed by atoms with van der Waals surface area (Å²) >= 11 is 6.21.